The van der Waals surface area contributed by atoms with Gasteiger partial charge in [-0.2, -0.15) is 0 Å². The molecule has 0 saturated carbocycles. The Morgan fingerprint density at radius 3 is 2.79 bits per heavy atom. The lowest BCUT2D eigenvalue weighted by molar-refractivity contribution is -0.0914. The lowest BCUT2D eigenvalue weighted by Gasteiger charge is -2.14. The van der Waals surface area contributed by atoms with Crippen LogP contribution >= 0.6 is 11.6 Å². The Labute approximate surface area is 88.2 Å². The Hall–Kier alpha value is -0.840. The maximum atomic E-state index is 5.89. The van der Waals surface area contributed by atoms with Gasteiger partial charge in [0.15, 0.2) is 6.29 Å². The quantitative estimate of drug-likeness (QED) is 0.762. The van der Waals surface area contributed by atoms with Crippen LogP contribution in [0.25, 0.3) is 0 Å². The number of nitrogens with one attached hydrogen (secondary N) is 1. The largest absolute Gasteiger partial charge is 0.364 e. The summed E-state index contributed by atoms with van der Waals surface area (Å²) in [5.41, 5.74) is 0. The van der Waals surface area contributed by atoms with E-state index in [0.29, 0.717) is 17.4 Å². The van der Waals surface area contributed by atoms with E-state index < -0.39 is 0 Å². The minimum atomic E-state index is -0.298. The molecule has 0 aliphatic rings. The number of anilines is 1. The molecule has 0 atom stereocenters. The average Bonchev–Trinajstić information content (AvgIpc) is 2.22. The molecular weight excluding hydrogens is 204 g/mol. The maximum absolute atomic E-state index is 5.89. The van der Waals surface area contributed by atoms with Gasteiger partial charge in [-0.1, -0.05) is 11.6 Å². The van der Waals surface area contributed by atoms with Gasteiger partial charge in [0.2, 0.25) is 0 Å². The van der Waals surface area contributed by atoms with Gasteiger partial charge in [-0.3, -0.25) is 0 Å². The summed E-state index contributed by atoms with van der Waals surface area (Å²) in [5.74, 6) is 0.633. The Morgan fingerprint density at radius 1 is 1.50 bits per heavy atom. The van der Waals surface area contributed by atoms with Crippen molar-refractivity contribution < 1.29 is 9.47 Å². The van der Waals surface area contributed by atoms with Crippen LogP contribution in [0, 0.1) is 0 Å². The van der Waals surface area contributed by atoms with Crippen LogP contribution in [0.5, 0.6) is 0 Å². The first-order valence-electron chi connectivity index (χ1n) is 4.18. The van der Waals surface area contributed by atoms with Crippen LogP contribution in [-0.4, -0.2) is 32.0 Å². The molecule has 1 rings (SSSR count). The predicted molar refractivity (Wildman–Crippen MR) is 55.5 cm³/mol. The molecule has 0 saturated heterocycles. The molecule has 5 heteroatoms. The molecule has 0 aromatic carbocycles. The molecule has 1 N–H and O–H groups in total. The molecule has 1 aromatic heterocycles. The Morgan fingerprint density at radius 2 is 2.21 bits per heavy atom. The first kappa shape index (κ1) is 11.2. The highest BCUT2D eigenvalue weighted by Crippen LogP contribution is 2.17. The van der Waals surface area contributed by atoms with Gasteiger partial charge in [0, 0.05) is 20.4 Å². The van der Waals surface area contributed by atoms with E-state index in [1.54, 1.807) is 32.5 Å². The highest BCUT2D eigenvalue weighted by molar-refractivity contribution is 6.32. The number of hydrogen-bond donors (Lipinski definition) is 1. The first-order chi connectivity index (χ1) is 6.77. The summed E-state index contributed by atoms with van der Waals surface area (Å²) in [4.78, 5) is 4.06. The minimum absolute atomic E-state index is 0.298. The van der Waals surface area contributed by atoms with Crippen molar-refractivity contribution in [2.24, 2.45) is 0 Å². The lowest BCUT2D eigenvalue weighted by Crippen LogP contribution is -2.24. The van der Waals surface area contributed by atoms with E-state index in [0.717, 1.165) is 0 Å². The monoisotopic (exact) mass is 216 g/mol. The third kappa shape index (κ3) is 3.14. The fourth-order valence-electron chi connectivity index (χ4n) is 0.959. The van der Waals surface area contributed by atoms with Crippen molar-refractivity contribution in [3.8, 4) is 0 Å². The van der Waals surface area contributed by atoms with E-state index in [2.05, 4.69) is 10.3 Å². The van der Waals surface area contributed by atoms with Crippen LogP contribution in [0.3, 0.4) is 0 Å². The maximum Gasteiger partial charge on any atom is 0.173 e. The van der Waals surface area contributed by atoms with Crippen LogP contribution in [0.15, 0.2) is 18.3 Å². The molecule has 0 spiro atoms. The van der Waals surface area contributed by atoms with Crippen molar-refractivity contribution in [3.05, 3.63) is 23.4 Å². The second-order valence-electron chi connectivity index (χ2n) is 2.62. The highest BCUT2D eigenvalue weighted by atomic mass is 35.5. The number of aromatic nitrogens is 1. The van der Waals surface area contributed by atoms with Crippen molar-refractivity contribution in [3.63, 3.8) is 0 Å². The molecule has 0 radical (unpaired) electrons. The van der Waals surface area contributed by atoms with Crippen LogP contribution in [0.4, 0.5) is 5.82 Å². The number of ether oxygens (including phenoxy) is 2. The van der Waals surface area contributed by atoms with Crippen molar-refractivity contribution in [2.45, 2.75) is 6.29 Å². The van der Waals surface area contributed by atoms with Gasteiger partial charge in [0.25, 0.3) is 0 Å². The third-order valence-electron chi connectivity index (χ3n) is 1.72. The molecule has 1 aromatic rings. The normalized spacial score (nSPS) is 10.6. The Kier molecular flexibility index (Phi) is 4.65. The van der Waals surface area contributed by atoms with Gasteiger partial charge in [-0.25, -0.2) is 4.98 Å². The minimum Gasteiger partial charge on any atom is -0.364 e. The summed E-state index contributed by atoms with van der Waals surface area (Å²) >= 11 is 5.89. The molecule has 0 aliphatic heterocycles. The van der Waals surface area contributed by atoms with Gasteiger partial charge in [-0.05, 0) is 12.1 Å². The fraction of sp³-hybridized carbons (Fsp3) is 0.444. The van der Waals surface area contributed by atoms with Gasteiger partial charge >= 0.3 is 0 Å². The number of hydrogen-bond acceptors (Lipinski definition) is 4. The smallest absolute Gasteiger partial charge is 0.173 e. The molecule has 0 amide bonds. The summed E-state index contributed by atoms with van der Waals surface area (Å²) < 4.78 is 10.0. The van der Waals surface area contributed by atoms with E-state index in [1.165, 1.54) is 0 Å². The van der Waals surface area contributed by atoms with Crippen molar-refractivity contribution in [2.75, 3.05) is 26.1 Å². The third-order valence-corrected chi connectivity index (χ3v) is 2.03. The zero-order valence-corrected chi connectivity index (χ0v) is 8.91. The number of pyridine rings is 1. The highest BCUT2D eigenvalue weighted by Gasteiger charge is 2.06. The van der Waals surface area contributed by atoms with E-state index in [4.69, 9.17) is 21.1 Å². The predicted octanol–water partition coefficient (Wildman–Crippen LogP) is 1.77. The molecule has 1 heterocycles. The Balaban J connectivity index is 2.49. The molecular formula is C9H13ClN2O2. The molecule has 78 valence electrons. The summed E-state index contributed by atoms with van der Waals surface area (Å²) in [5, 5.41) is 3.60. The van der Waals surface area contributed by atoms with E-state index >= 15 is 0 Å². The van der Waals surface area contributed by atoms with Crippen LogP contribution < -0.4 is 5.32 Å². The van der Waals surface area contributed by atoms with E-state index in [9.17, 15) is 0 Å². The number of rotatable bonds is 5. The Bertz CT molecular complexity index is 279. The fourth-order valence-corrected chi connectivity index (χ4v) is 1.15. The number of methoxy groups -OCH3 is 2. The average molecular weight is 217 g/mol. The SMILES string of the molecule is COC(CNc1ncccc1Cl)OC. The standard InChI is InChI=1S/C9H13ClN2O2/c1-13-8(14-2)6-12-9-7(10)4-3-5-11-9/h3-5,8H,6H2,1-2H3,(H,11,12). The molecule has 4 nitrogen and oxygen atoms in total. The summed E-state index contributed by atoms with van der Waals surface area (Å²) in [6.45, 7) is 0.504. The van der Waals surface area contributed by atoms with Gasteiger partial charge in [0.05, 0.1) is 11.6 Å². The first-order valence-corrected chi connectivity index (χ1v) is 4.55. The summed E-state index contributed by atoms with van der Waals surface area (Å²) in [7, 11) is 3.16. The van der Waals surface area contributed by atoms with Crippen molar-refractivity contribution in [1.82, 2.24) is 4.98 Å². The molecule has 14 heavy (non-hydrogen) atoms. The van der Waals surface area contributed by atoms with E-state index in [1.807, 2.05) is 0 Å². The number of nitrogens with zero attached hydrogens (tertiary/aromatic N) is 1. The van der Waals surface area contributed by atoms with Crippen molar-refractivity contribution in [1.29, 1.82) is 0 Å². The lowest BCUT2D eigenvalue weighted by atomic mass is 10.4. The van der Waals surface area contributed by atoms with Gasteiger partial charge in [0.1, 0.15) is 5.82 Å². The molecule has 0 unspecified atom stereocenters. The summed E-state index contributed by atoms with van der Waals surface area (Å²) in [6.07, 6.45) is 1.37. The zero-order valence-electron chi connectivity index (χ0n) is 8.16. The van der Waals surface area contributed by atoms with Crippen LogP contribution in [0.2, 0.25) is 5.02 Å². The topological polar surface area (TPSA) is 43.4 Å². The summed E-state index contributed by atoms with van der Waals surface area (Å²) in [6, 6.07) is 3.54. The second kappa shape index (κ2) is 5.80. The van der Waals surface area contributed by atoms with Crippen LogP contribution in [0.1, 0.15) is 0 Å². The van der Waals surface area contributed by atoms with Gasteiger partial charge in [-0.15, -0.1) is 0 Å². The van der Waals surface area contributed by atoms with Crippen molar-refractivity contribution >= 4 is 17.4 Å². The van der Waals surface area contributed by atoms with Crippen LogP contribution in [-0.2, 0) is 9.47 Å². The molecule has 0 bridgehead atoms. The molecule has 0 fully saturated rings. The second-order valence-corrected chi connectivity index (χ2v) is 3.02. The zero-order chi connectivity index (χ0) is 10.4. The molecule has 0 aliphatic carbocycles. The van der Waals surface area contributed by atoms with Gasteiger partial charge < -0.3 is 14.8 Å². The number of halogens is 1. The van der Waals surface area contributed by atoms with E-state index in [-0.39, 0.29) is 6.29 Å².